The van der Waals surface area contributed by atoms with E-state index in [1.807, 2.05) is 0 Å². The van der Waals surface area contributed by atoms with Crippen molar-refractivity contribution in [1.29, 1.82) is 0 Å². The Morgan fingerprint density at radius 3 is 2.67 bits per heavy atom. The van der Waals surface area contributed by atoms with Gasteiger partial charge in [-0.3, -0.25) is 0 Å². The third-order valence-corrected chi connectivity index (χ3v) is 3.53. The zero-order valence-corrected chi connectivity index (χ0v) is 9.81. The summed E-state index contributed by atoms with van der Waals surface area (Å²) in [4.78, 5) is 15.4. The molecule has 1 heterocycles. The lowest BCUT2D eigenvalue weighted by atomic mass is 10.4. The van der Waals surface area contributed by atoms with Crippen LogP contribution in [0.15, 0.2) is 0 Å². The zero-order chi connectivity index (χ0) is 11.6. The molecule has 8 heteroatoms. The molecule has 0 aliphatic rings. The number of carbonyl (C=O) groups excluding carboxylic acids is 1. The van der Waals surface area contributed by atoms with Crippen LogP contribution < -0.4 is 5.14 Å². The van der Waals surface area contributed by atoms with Crippen molar-refractivity contribution >= 4 is 27.3 Å². The highest BCUT2D eigenvalue weighted by atomic mass is 32.2. The number of hydrogen-bond acceptors (Lipinski definition) is 6. The molecule has 84 valence electrons. The minimum atomic E-state index is -3.62. The van der Waals surface area contributed by atoms with E-state index < -0.39 is 16.0 Å². The van der Waals surface area contributed by atoms with Crippen molar-refractivity contribution in [2.24, 2.45) is 5.14 Å². The first kappa shape index (κ1) is 12.1. The first-order valence-corrected chi connectivity index (χ1v) is 6.42. The Kier molecular flexibility index (Phi) is 3.42. The average molecular weight is 250 g/mol. The Balaban J connectivity index is 3.01. The van der Waals surface area contributed by atoms with Crippen LogP contribution in [0.5, 0.6) is 0 Å². The van der Waals surface area contributed by atoms with Crippen molar-refractivity contribution in [2.45, 2.75) is 12.7 Å². The van der Waals surface area contributed by atoms with Crippen LogP contribution in [0.4, 0.5) is 0 Å². The van der Waals surface area contributed by atoms with Crippen molar-refractivity contribution < 1.29 is 17.9 Å². The van der Waals surface area contributed by atoms with E-state index in [4.69, 9.17) is 5.14 Å². The second-order valence-corrected chi connectivity index (χ2v) is 5.52. The smallest absolute Gasteiger partial charge is 0.349 e. The SMILES string of the molecule is COC(=O)c1sc(CS(N)(=O)=O)nc1C. The van der Waals surface area contributed by atoms with Gasteiger partial charge in [0.15, 0.2) is 0 Å². The van der Waals surface area contributed by atoms with Crippen molar-refractivity contribution in [3.05, 3.63) is 15.6 Å². The van der Waals surface area contributed by atoms with Gasteiger partial charge in [-0.2, -0.15) is 0 Å². The van der Waals surface area contributed by atoms with Crippen LogP contribution in [0.2, 0.25) is 0 Å². The number of esters is 1. The second kappa shape index (κ2) is 4.25. The standard InChI is InChI=1S/C7H10N2O4S2/c1-4-6(7(10)13-2)14-5(9-4)3-15(8,11)12/h3H2,1-2H3,(H2,8,11,12). The fourth-order valence-electron chi connectivity index (χ4n) is 0.968. The predicted octanol–water partition coefficient (Wildman–Crippen LogP) is 0.0266. The fraction of sp³-hybridized carbons (Fsp3) is 0.429. The molecule has 0 aliphatic heterocycles. The molecule has 0 fully saturated rings. The molecule has 0 atom stereocenters. The third-order valence-electron chi connectivity index (χ3n) is 1.54. The molecule has 0 radical (unpaired) electrons. The molecule has 0 aliphatic carbocycles. The van der Waals surface area contributed by atoms with E-state index in [2.05, 4.69) is 9.72 Å². The van der Waals surface area contributed by atoms with Crippen LogP contribution in [-0.4, -0.2) is 26.5 Å². The largest absolute Gasteiger partial charge is 0.465 e. The van der Waals surface area contributed by atoms with Gasteiger partial charge in [-0.05, 0) is 6.92 Å². The monoisotopic (exact) mass is 250 g/mol. The van der Waals surface area contributed by atoms with Crippen LogP contribution >= 0.6 is 11.3 Å². The molecule has 0 amide bonds. The van der Waals surface area contributed by atoms with Gasteiger partial charge in [0.1, 0.15) is 15.6 Å². The summed E-state index contributed by atoms with van der Waals surface area (Å²) in [6, 6.07) is 0. The molecule has 0 unspecified atom stereocenters. The number of ether oxygens (including phenoxy) is 1. The Morgan fingerprint density at radius 2 is 2.20 bits per heavy atom. The molecule has 15 heavy (non-hydrogen) atoms. The number of hydrogen-bond donors (Lipinski definition) is 1. The summed E-state index contributed by atoms with van der Waals surface area (Å²) in [7, 11) is -2.37. The lowest BCUT2D eigenvalue weighted by Gasteiger charge is -1.93. The molecule has 6 nitrogen and oxygen atoms in total. The van der Waals surface area contributed by atoms with Gasteiger partial charge < -0.3 is 4.74 Å². The van der Waals surface area contributed by atoms with Gasteiger partial charge in [-0.1, -0.05) is 0 Å². The van der Waals surface area contributed by atoms with Crippen molar-refractivity contribution in [1.82, 2.24) is 4.98 Å². The number of sulfonamides is 1. The van der Waals surface area contributed by atoms with Crippen molar-refractivity contribution in [3.63, 3.8) is 0 Å². The third kappa shape index (κ3) is 3.26. The summed E-state index contributed by atoms with van der Waals surface area (Å²) in [6.07, 6.45) is 0. The van der Waals surface area contributed by atoms with Gasteiger partial charge >= 0.3 is 5.97 Å². The van der Waals surface area contributed by atoms with Gasteiger partial charge in [-0.25, -0.2) is 23.3 Å². The van der Waals surface area contributed by atoms with Crippen LogP contribution in [0.1, 0.15) is 20.4 Å². The maximum atomic E-state index is 11.2. The molecule has 1 aromatic heterocycles. The van der Waals surface area contributed by atoms with Crippen LogP contribution in [0.25, 0.3) is 0 Å². The van der Waals surface area contributed by atoms with Gasteiger partial charge in [0.2, 0.25) is 10.0 Å². The van der Waals surface area contributed by atoms with Crippen LogP contribution in [0.3, 0.4) is 0 Å². The maximum Gasteiger partial charge on any atom is 0.349 e. The van der Waals surface area contributed by atoms with E-state index in [0.29, 0.717) is 10.6 Å². The molecule has 0 saturated heterocycles. The minimum absolute atomic E-state index is 0.287. The Labute approximate surface area is 91.1 Å². The van der Waals surface area contributed by atoms with Gasteiger partial charge in [-0.15, -0.1) is 11.3 Å². The van der Waals surface area contributed by atoms with E-state index in [1.165, 1.54) is 7.11 Å². The van der Waals surface area contributed by atoms with Gasteiger partial charge in [0, 0.05) is 0 Å². The predicted molar refractivity (Wildman–Crippen MR) is 55.0 cm³/mol. The number of aryl methyl sites for hydroxylation is 1. The minimum Gasteiger partial charge on any atom is -0.465 e. The summed E-state index contributed by atoms with van der Waals surface area (Å²) in [6.45, 7) is 1.61. The molecule has 0 saturated carbocycles. The van der Waals surface area contributed by atoms with Crippen molar-refractivity contribution in [2.75, 3.05) is 7.11 Å². The second-order valence-electron chi connectivity index (χ2n) is 2.82. The molecule has 1 rings (SSSR count). The Morgan fingerprint density at radius 1 is 1.60 bits per heavy atom. The summed E-state index contributed by atoms with van der Waals surface area (Å²) < 4.78 is 26.1. The first-order valence-electron chi connectivity index (χ1n) is 3.88. The molecule has 0 bridgehead atoms. The number of rotatable bonds is 3. The topological polar surface area (TPSA) is 99.4 Å². The number of thiazole rings is 1. The summed E-state index contributed by atoms with van der Waals surface area (Å²) in [5.74, 6) is -0.888. The molecular formula is C7H10N2O4S2. The van der Waals surface area contributed by atoms with Gasteiger partial charge in [0.25, 0.3) is 0 Å². The van der Waals surface area contributed by atoms with E-state index in [-0.39, 0.29) is 10.8 Å². The summed E-state index contributed by atoms with van der Waals surface area (Å²) in [5, 5.41) is 5.15. The van der Waals surface area contributed by atoms with Crippen LogP contribution in [-0.2, 0) is 20.5 Å². The molecule has 2 N–H and O–H groups in total. The number of carbonyl (C=O) groups is 1. The molecular weight excluding hydrogens is 240 g/mol. The number of primary sulfonamides is 1. The highest BCUT2D eigenvalue weighted by molar-refractivity contribution is 7.88. The number of nitrogens with zero attached hydrogens (tertiary/aromatic N) is 1. The van der Waals surface area contributed by atoms with E-state index in [1.54, 1.807) is 6.92 Å². The number of nitrogens with two attached hydrogens (primary N) is 1. The number of methoxy groups -OCH3 is 1. The first-order chi connectivity index (χ1) is 6.83. The normalized spacial score (nSPS) is 11.4. The van der Waals surface area contributed by atoms with E-state index >= 15 is 0 Å². The average Bonchev–Trinajstić information content (AvgIpc) is 2.42. The number of aromatic nitrogens is 1. The summed E-state index contributed by atoms with van der Waals surface area (Å²) >= 11 is 0.974. The molecule has 1 aromatic rings. The van der Waals surface area contributed by atoms with E-state index in [9.17, 15) is 13.2 Å². The van der Waals surface area contributed by atoms with Crippen molar-refractivity contribution in [3.8, 4) is 0 Å². The highest BCUT2D eigenvalue weighted by Gasteiger charge is 2.17. The zero-order valence-electron chi connectivity index (χ0n) is 8.18. The maximum absolute atomic E-state index is 11.2. The lowest BCUT2D eigenvalue weighted by molar-refractivity contribution is 0.0605. The fourth-order valence-corrected chi connectivity index (χ4v) is 2.88. The Bertz CT molecular complexity index is 477. The van der Waals surface area contributed by atoms with Crippen LogP contribution in [0, 0.1) is 6.92 Å². The molecule has 0 aromatic carbocycles. The summed E-state index contributed by atoms with van der Waals surface area (Å²) in [5.41, 5.74) is 0.450. The highest BCUT2D eigenvalue weighted by Crippen LogP contribution is 2.20. The quantitative estimate of drug-likeness (QED) is 0.763. The lowest BCUT2D eigenvalue weighted by Crippen LogP contribution is -2.14. The van der Waals surface area contributed by atoms with Gasteiger partial charge in [0.05, 0.1) is 12.8 Å². The molecule has 0 spiro atoms. The van der Waals surface area contributed by atoms with E-state index in [0.717, 1.165) is 11.3 Å². The Hall–Kier alpha value is -0.990.